The highest BCUT2D eigenvalue weighted by atomic mass is 35.5. The predicted octanol–water partition coefficient (Wildman–Crippen LogP) is 6.31. The molecule has 0 bridgehead atoms. The van der Waals surface area contributed by atoms with Crippen molar-refractivity contribution in [1.82, 2.24) is 4.98 Å². The minimum Gasteiger partial charge on any atom is -0.440 e. The molecule has 0 atom stereocenters. The molecular weight excluding hydrogens is 441 g/mol. The normalized spacial score (nSPS) is 11.6. The zero-order valence-corrected chi connectivity index (χ0v) is 18.3. The van der Waals surface area contributed by atoms with Gasteiger partial charge in [-0.2, -0.15) is 0 Å². The molecule has 0 amide bonds. The van der Waals surface area contributed by atoms with Gasteiger partial charge in [0.25, 0.3) is 0 Å². The van der Waals surface area contributed by atoms with Crippen LogP contribution in [0.5, 0.6) is 0 Å². The summed E-state index contributed by atoms with van der Waals surface area (Å²) in [4.78, 5) is 4.94. The molecule has 0 aliphatic carbocycles. The number of oxazole rings is 1. The smallest absolute Gasteiger partial charge is 0.199 e. The summed E-state index contributed by atoms with van der Waals surface area (Å²) in [5, 5.41) is 0.966. The van der Waals surface area contributed by atoms with E-state index in [1.54, 1.807) is 42.5 Å². The molecule has 0 aliphatic heterocycles. The van der Waals surface area contributed by atoms with Gasteiger partial charge in [-0.3, -0.25) is 0 Å². The third-order valence-corrected chi connectivity index (χ3v) is 6.12. The Kier molecular flexibility index (Phi) is 5.69. The molecule has 7 heteroatoms. The lowest BCUT2D eigenvalue weighted by molar-refractivity contribution is 0.519. The second-order valence-electron chi connectivity index (χ2n) is 6.90. The maximum Gasteiger partial charge on any atom is 0.199 e. The highest BCUT2D eigenvalue weighted by molar-refractivity contribution is 7.90. The molecule has 0 N–H and O–H groups in total. The number of rotatable bonds is 5. The second kappa shape index (κ2) is 8.26. The average Bonchev–Trinajstić information content (AvgIpc) is 3.11. The van der Waals surface area contributed by atoms with E-state index in [1.807, 2.05) is 30.3 Å². The van der Waals surface area contributed by atoms with Crippen molar-refractivity contribution in [1.29, 1.82) is 0 Å². The van der Waals surface area contributed by atoms with Crippen molar-refractivity contribution in [2.45, 2.75) is 11.3 Å². The van der Waals surface area contributed by atoms with E-state index in [-0.39, 0.29) is 4.90 Å². The van der Waals surface area contributed by atoms with Crippen LogP contribution in [0.1, 0.15) is 11.5 Å². The third-order valence-electron chi connectivity index (χ3n) is 4.55. The van der Waals surface area contributed by atoms with Crippen molar-refractivity contribution < 1.29 is 12.8 Å². The molecule has 1 aromatic heterocycles. The van der Waals surface area contributed by atoms with Gasteiger partial charge in [-0.05, 0) is 35.9 Å². The molecular formula is C23H17Cl2NO3S. The van der Waals surface area contributed by atoms with E-state index in [1.165, 1.54) is 6.26 Å². The molecule has 30 heavy (non-hydrogen) atoms. The molecule has 0 unspecified atom stereocenters. The Labute approximate surface area is 185 Å². The zero-order chi connectivity index (χ0) is 21.3. The second-order valence-corrected chi connectivity index (χ2v) is 9.79. The zero-order valence-electron chi connectivity index (χ0n) is 16.0. The van der Waals surface area contributed by atoms with Gasteiger partial charge >= 0.3 is 0 Å². The Morgan fingerprint density at radius 1 is 0.867 bits per heavy atom. The number of halogens is 2. The maximum atomic E-state index is 11.8. The first-order chi connectivity index (χ1) is 14.3. The first-order valence-corrected chi connectivity index (χ1v) is 11.7. The van der Waals surface area contributed by atoms with Crippen LogP contribution in [-0.2, 0) is 16.3 Å². The molecule has 0 aliphatic rings. The van der Waals surface area contributed by atoms with E-state index < -0.39 is 9.84 Å². The van der Waals surface area contributed by atoms with Crippen LogP contribution in [0.25, 0.3) is 22.6 Å². The number of benzene rings is 3. The van der Waals surface area contributed by atoms with Crippen LogP contribution in [0.3, 0.4) is 0 Å². The molecule has 0 spiro atoms. The van der Waals surface area contributed by atoms with Crippen LogP contribution in [-0.4, -0.2) is 19.7 Å². The molecule has 3 aromatic carbocycles. The van der Waals surface area contributed by atoms with Crippen LogP contribution in [0.15, 0.2) is 82.1 Å². The van der Waals surface area contributed by atoms with E-state index in [0.29, 0.717) is 39.4 Å². The standard InChI is InChI=1S/C23H17Cl2NO3S/c1-30(27,28)20-9-7-16(8-10-20)22-23(17-12-18(24)14-19(25)13-17)29-21(26-22)11-15-5-3-2-4-6-15/h2-10,12-14H,11H2,1H3. The van der Waals surface area contributed by atoms with E-state index in [0.717, 1.165) is 11.1 Å². The van der Waals surface area contributed by atoms with Gasteiger partial charge in [0.15, 0.2) is 21.5 Å². The molecule has 4 rings (SSSR count). The van der Waals surface area contributed by atoms with Crippen molar-refractivity contribution in [3.05, 3.63) is 94.3 Å². The number of hydrogen-bond acceptors (Lipinski definition) is 4. The number of hydrogen-bond donors (Lipinski definition) is 0. The third kappa shape index (κ3) is 4.59. The Balaban J connectivity index is 1.83. The predicted molar refractivity (Wildman–Crippen MR) is 120 cm³/mol. The average molecular weight is 458 g/mol. The summed E-state index contributed by atoms with van der Waals surface area (Å²) < 4.78 is 29.7. The molecule has 0 saturated heterocycles. The molecule has 4 aromatic rings. The van der Waals surface area contributed by atoms with Gasteiger partial charge in [0.05, 0.1) is 4.90 Å². The summed E-state index contributed by atoms with van der Waals surface area (Å²) in [7, 11) is -3.29. The fourth-order valence-corrected chi connectivity index (χ4v) is 4.30. The highest BCUT2D eigenvalue weighted by Gasteiger charge is 2.19. The van der Waals surface area contributed by atoms with Crippen molar-refractivity contribution in [3.8, 4) is 22.6 Å². The highest BCUT2D eigenvalue weighted by Crippen LogP contribution is 2.36. The monoisotopic (exact) mass is 457 g/mol. The van der Waals surface area contributed by atoms with Crippen LogP contribution in [0.2, 0.25) is 10.0 Å². The summed E-state index contributed by atoms with van der Waals surface area (Å²) in [6.45, 7) is 0. The summed E-state index contributed by atoms with van der Waals surface area (Å²) in [6, 6.07) is 21.6. The molecule has 4 nitrogen and oxygen atoms in total. The van der Waals surface area contributed by atoms with Gasteiger partial charge in [0.2, 0.25) is 0 Å². The summed E-state index contributed by atoms with van der Waals surface area (Å²) in [5.41, 5.74) is 3.09. The lowest BCUT2D eigenvalue weighted by Gasteiger charge is -2.04. The maximum absolute atomic E-state index is 11.8. The fourth-order valence-electron chi connectivity index (χ4n) is 3.15. The molecule has 0 saturated carbocycles. The van der Waals surface area contributed by atoms with Gasteiger partial charge < -0.3 is 4.42 Å². The van der Waals surface area contributed by atoms with Crippen LogP contribution < -0.4 is 0 Å². The van der Waals surface area contributed by atoms with E-state index in [4.69, 9.17) is 32.6 Å². The van der Waals surface area contributed by atoms with E-state index in [2.05, 4.69) is 0 Å². The van der Waals surface area contributed by atoms with Crippen LogP contribution >= 0.6 is 23.2 Å². The van der Waals surface area contributed by atoms with Crippen molar-refractivity contribution in [2.75, 3.05) is 6.26 Å². The largest absolute Gasteiger partial charge is 0.440 e. The fraction of sp³-hybridized carbons (Fsp3) is 0.0870. The SMILES string of the molecule is CS(=O)(=O)c1ccc(-c2nc(Cc3ccccc3)oc2-c2cc(Cl)cc(Cl)c2)cc1. The van der Waals surface area contributed by atoms with Gasteiger partial charge in [-0.15, -0.1) is 0 Å². The summed E-state index contributed by atoms with van der Waals surface area (Å²) in [5.74, 6) is 1.06. The quantitative estimate of drug-likeness (QED) is 0.352. The minimum atomic E-state index is -3.29. The van der Waals surface area contributed by atoms with Crippen molar-refractivity contribution in [3.63, 3.8) is 0 Å². The Bertz CT molecular complexity index is 1280. The van der Waals surface area contributed by atoms with Gasteiger partial charge in [0.1, 0.15) is 5.69 Å². The van der Waals surface area contributed by atoms with Gasteiger partial charge in [0, 0.05) is 33.8 Å². The van der Waals surface area contributed by atoms with Gasteiger partial charge in [-0.1, -0.05) is 65.7 Å². The van der Waals surface area contributed by atoms with Crippen LogP contribution in [0, 0.1) is 0 Å². The topological polar surface area (TPSA) is 60.2 Å². The summed E-state index contributed by atoms with van der Waals surface area (Å²) >= 11 is 12.4. The van der Waals surface area contributed by atoms with E-state index >= 15 is 0 Å². The molecule has 1 heterocycles. The minimum absolute atomic E-state index is 0.242. The van der Waals surface area contributed by atoms with Crippen molar-refractivity contribution >= 4 is 33.0 Å². The lowest BCUT2D eigenvalue weighted by atomic mass is 10.1. The number of nitrogens with zero attached hydrogens (tertiary/aromatic N) is 1. The first kappa shape index (κ1) is 20.7. The van der Waals surface area contributed by atoms with Gasteiger partial charge in [-0.25, -0.2) is 13.4 Å². The van der Waals surface area contributed by atoms with Crippen molar-refractivity contribution in [2.24, 2.45) is 0 Å². The Hall–Kier alpha value is -2.60. The Morgan fingerprint density at radius 3 is 2.10 bits per heavy atom. The molecule has 0 fully saturated rings. The summed E-state index contributed by atoms with van der Waals surface area (Å²) in [6.07, 6.45) is 1.69. The molecule has 0 radical (unpaired) electrons. The van der Waals surface area contributed by atoms with E-state index in [9.17, 15) is 8.42 Å². The lowest BCUT2D eigenvalue weighted by Crippen LogP contribution is -1.96. The van der Waals surface area contributed by atoms with Crippen LogP contribution in [0.4, 0.5) is 0 Å². The number of sulfone groups is 1. The molecule has 152 valence electrons. The number of aromatic nitrogens is 1. The first-order valence-electron chi connectivity index (χ1n) is 9.10. The Morgan fingerprint density at radius 2 is 1.50 bits per heavy atom.